The summed E-state index contributed by atoms with van der Waals surface area (Å²) in [6.07, 6.45) is 0. The van der Waals surface area contributed by atoms with Crippen LogP contribution in [0.4, 0.5) is 0 Å². The second kappa shape index (κ2) is 16.7. The van der Waals surface area contributed by atoms with Gasteiger partial charge in [0.2, 0.25) is 0 Å². The maximum absolute atomic E-state index is 6.28. The van der Waals surface area contributed by atoms with Crippen LogP contribution in [0.1, 0.15) is 27.7 Å². The van der Waals surface area contributed by atoms with Crippen molar-refractivity contribution in [2.24, 2.45) is 0 Å². The summed E-state index contributed by atoms with van der Waals surface area (Å²) in [6, 6.07) is 64.7. The normalized spacial score (nSPS) is 14.3. The first-order chi connectivity index (χ1) is 29.0. The molecular weight excluding hydrogens is 978 g/mol. The third kappa shape index (κ3) is 7.89. The lowest BCUT2D eigenvalue weighted by Crippen LogP contribution is -2.41. The zero-order valence-electron chi connectivity index (χ0n) is 33.8. The maximum atomic E-state index is 6.28. The first kappa shape index (κ1) is 40.8. The Bertz CT molecular complexity index is 3130. The van der Waals surface area contributed by atoms with Gasteiger partial charge >= 0.3 is 7.12 Å². The van der Waals surface area contributed by atoms with Crippen molar-refractivity contribution in [2.75, 3.05) is 0 Å². The smallest absolute Gasteiger partial charge is 0.399 e. The molecule has 0 saturated carbocycles. The van der Waals surface area contributed by atoms with Crippen LogP contribution in [0, 0.1) is 3.57 Å². The quantitative estimate of drug-likeness (QED) is 0.0976. The summed E-state index contributed by atoms with van der Waals surface area (Å²) in [5.41, 5.74) is 2.88. The fourth-order valence-electron chi connectivity index (χ4n) is 8.27. The van der Waals surface area contributed by atoms with Crippen LogP contribution in [0.25, 0.3) is 75.8 Å². The van der Waals surface area contributed by atoms with E-state index in [-0.39, 0.29) is 18.3 Å². The molecule has 10 aromatic rings. The second-order valence-corrected chi connectivity index (χ2v) is 19.4. The summed E-state index contributed by atoms with van der Waals surface area (Å²) >= 11 is 9.21. The predicted molar refractivity (Wildman–Crippen MR) is 274 cm³/mol. The average Bonchev–Trinajstić information content (AvgIpc) is 3.49. The average molecular weight is 1020 g/mol. The zero-order chi connectivity index (χ0) is 41.6. The number of rotatable bonds is 2. The summed E-state index contributed by atoms with van der Waals surface area (Å²) in [5.74, 6) is 0. The molecule has 0 atom stereocenters. The number of fused-ring (bicyclic) bond motifs is 12. The van der Waals surface area contributed by atoms with Gasteiger partial charge in [-0.3, -0.25) is 0 Å². The molecule has 0 N–H and O–H groups in total. The molecule has 294 valence electrons. The largest absolute Gasteiger partial charge is 0.494 e. The van der Waals surface area contributed by atoms with Gasteiger partial charge in [-0.2, -0.15) is 0 Å². The van der Waals surface area contributed by atoms with Gasteiger partial charge in [0, 0.05) is 12.5 Å². The van der Waals surface area contributed by atoms with E-state index in [4.69, 9.17) is 9.31 Å². The molecule has 1 fully saturated rings. The molecule has 0 radical (unpaired) electrons. The van der Waals surface area contributed by atoms with Gasteiger partial charge < -0.3 is 9.31 Å². The van der Waals surface area contributed by atoms with Crippen molar-refractivity contribution in [1.29, 1.82) is 0 Å². The van der Waals surface area contributed by atoms with E-state index >= 15 is 0 Å². The molecule has 1 saturated heterocycles. The summed E-state index contributed by atoms with van der Waals surface area (Å²) in [7, 11) is -0.343. The van der Waals surface area contributed by atoms with Crippen molar-refractivity contribution in [3.63, 3.8) is 0 Å². The maximum Gasteiger partial charge on any atom is 0.494 e. The van der Waals surface area contributed by atoms with Crippen LogP contribution in [0.15, 0.2) is 191 Å². The Morgan fingerprint density at radius 2 is 0.733 bits per heavy atom. The van der Waals surface area contributed by atoms with Crippen LogP contribution >= 0.6 is 54.5 Å². The van der Waals surface area contributed by atoms with Crippen molar-refractivity contribution in [2.45, 2.75) is 38.9 Å². The Morgan fingerprint density at radius 1 is 0.367 bits per heavy atom. The molecular formula is C54H42BBr2IO2. The molecule has 11 rings (SSSR count). The van der Waals surface area contributed by atoms with Crippen molar-refractivity contribution < 1.29 is 9.31 Å². The molecule has 60 heavy (non-hydrogen) atoms. The number of hydrogen-bond donors (Lipinski definition) is 0. The molecule has 1 aliphatic heterocycles. The summed E-state index contributed by atoms with van der Waals surface area (Å²) in [5, 5.41) is 15.5. The lowest BCUT2D eigenvalue weighted by atomic mass is 9.77. The predicted octanol–water partition coefficient (Wildman–Crippen LogP) is 16.1. The van der Waals surface area contributed by atoms with Crippen LogP contribution in [0.2, 0.25) is 0 Å². The summed E-state index contributed by atoms with van der Waals surface area (Å²) in [4.78, 5) is 0. The third-order valence-electron chi connectivity index (χ3n) is 12.0. The van der Waals surface area contributed by atoms with Gasteiger partial charge in [-0.05, 0) is 168 Å². The van der Waals surface area contributed by atoms with Gasteiger partial charge in [-0.15, -0.1) is 0 Å². The Labute approximate surface area is 382 Å². The minimum Gasteiger partial charge on any atom is -0.399 e. The molecule has 10 aromatic carbocycles. The molecule has 1 aliphatic rings. The Balaban J connectivity index is 0.000000131. The Morgan fingerprint density at radius 3 is 1.15 bits per heavy atom. The van der Waals surface area contributed by atoms with Gasteiger partial charge in [0.05, 0.1) is 11.2 Å². The summed E-state index contributed by atoms with van der Waals surface area (Å²) < 4.78 is 16.1. The molecule has 2 nitrogen and oxygen atoms in total. The van der Waals surface area contributed by atoms with Gasteiger partial charge in [0.1, 0.15) is 0 Å². The molecule has 0 spiro atoms. The molecule has 0 unspecified atom stereocenters. The van der Waals surface area contributed by atoms with E-state index in [1.165, 1.54) is 79.3 Å². The van der Waals surface area contributed by atoms with E-state index in [1.807, 2.05) is 12.1 Å². The lowest BCUT2D eigenvalue weighted by molar-refractivity contribution is 0.00578. The third-order valence-corrected chi connectivity index (χ3v) is 13.6. The molecule has 0 aromatic heterocycles. The van der Waals surface area contributed by atoms with E-state index in [1.54, 1.807) is 0 Å². The zero-order valence-corrected chi connectivity index (χ0v) is 39.2. The van der Waals surface area contributed by atoms with Crippen LogP contribution in [0.3, 0.4) is 0 Å². The van der Waals surface area contributed by atoms with E-state index in [0.717, 1.165) is 14.4 Å². The van der Waals surface area contributed by atoms with Crippen LogP contribution in [0.5, 0.6) is 0 Å². The summed E-state index contributed by atoms with van der Waals surface area (Å²) in [6.45, 7) is 8.38. The van der Waals surface area contributed by atoms with E-state index in [2.05, 4.69) is 252 Å². The van der Waals surface area contributed by atoms with Gasteiger partial charge in [-0.1, -0.05) is 177 Å². The minimum absolute atomic E-state index is 0.335. The van der Waals surface area contributed by atoms with Crippen LogP contribution < -0.4 is 5.46 Å². The highest BCUT2D eigenvalue weighted by molar-refractivity contribution is 14.1. The topological polar surface area (TPSA) is 18.5 Å². The first-order valence-corrected chi connectivity index (χ1v) is 22.8. The molecule has 6 heteroatoms. The van der Waals surface area contributed by atoms with E-state index < -0.39 is 0 Å². The minimum atomic E-state index is -0.343. The Hall–Kier alpha value is -4.57. The lowest BCUT2D eigenvalue weighted by Gasteiger charge is -2.32. The second-order valence-electron chi connectivity index (χ2n) is 16.3. The van der Waals surface area contributed by atoms with Crippen LogP contribution in [-0.2, 0) is 9.31 Å². The van der Waals surface area contributed by atoms with Crippen molar-refractivity contribution >= 4 is 132 Å². The number of halogens is 3. The SMILES string of the molecule is Brc1cccc(-c2ccc3c4ccccc4c4ccccc4c3c2)c1.Brc1cccc(I)c1.CC1(C)OB(c2ccc3c4ccccc4c4ccccc4c3c2)OC1(C)C. The highest BCUT2D eigenvalue weighted by Crippen LogP contribution is 2.39. The molecule has 1 heterocycles. The Kier molecular flexibility index (Phi) is 11.4. The highest BCUT2D eigenvalue weighted by Gasteiger charge is 2.51. The number of hydrogen-bond acceptors (Lipinski definition) is 2. The fraction of sp³-hybridized carbons (Fsp3) is 0.111. The van der Waals surface area contributed by atoms with Gasteiger partial charge in [-0.25, -0.2) is 0 Å². The van der Waals surface area contributed by atoms with Crippen molar-refractivity contribution in [3.8, 4) is 11.1 Å². The monoisotopic (exact) mass is 1020 g/mol. The molecule has 0 bridgehead atoms. The van der Waals surface area contributed by atoms with Gasteiger partial charge in [0.15, 0.2) is 0 Å². The first-order valence-electron chi connectivity index (χ1n) is 20.2. The van der Waals surface area contributed by atoms with Crippen LogP contribution in [-0.4, -0.2) is 18.3 Å². The fourth-order valence-corrected chi connectivity index (χ4v) is 10.0. The van der Waals surface area contributed by atoms with E-state index in [9.17, 15) is 0 Å². The number of benzene rings is 10. The van der Waals surface area contributed by atoms with Crippen molar-refractivity contribution in [3.05, 3.63) is 195 Å². The standard InChI is InChI=1S/C24H23BO2.C24H15Br.C6H4BrI/c1-23(2)24(3,4)27-25(26-23)16-13-14-21-19-11-6-5-9-17(19)18-10-7-8-12-20(18)22(21)15-16;25-18-7-5-6-16(14-18)17-12-13-23-21-10-2-1-8-19(21)20-9-3-4-11-22(20)24(23)15-17;7-5-2-1-3-6(8)4-5/h5-15H,1-4H3;1-15H;1-4H. The van der Waals surface area contributed by atoms with E-state index in [0.29, 0.717) is 0 Å². The molecule has 0 aliphatic carbocycles. The van der Waals surface area contributed by atoms with Crippen molar-refractivity contribution in [1.82, 2.24) is 0 Å². The van der Waals surface area contributed by atoms with Gasteiger partial charge in [0.25, 0.3) is 0 Å². The molecule has 0 amide bonds. The highest BCUT2D eigenvalue weighted by atomic mass is 127.